The molecule has 0 radical (unpaired) electrons. The Balaban J connectivity index is 1.82. The summed E-state index contributed by atoms with van der Waals surface area (Å²) in [7, 11) is 0. The summed E-state index contributed by atoms with van der Waals surface area (Å²) in [5, 5.41) is 3.33. The number of pyridine rings is 1. The average Bonchev–Trinajstić information content (AvgIpc) is 2.70. The first-order valence-corrected chi connectivity index (χ1v) is 9.27. The molecule has 3 aromatic rings. The van der Waals surface area contributed by atoms with Gasteiger partial charge < -0.3 is 10.2 Å². The van der Waals surface area contributed by atoms with Gasteiger partial charge in [-0.15, -0.1) is 0 Å². The summed E-state index contributed by atoms with van der Waals surface area (Å²) >= 11 is 5.86. The minimum Gasteiger partial charge on any atom is -0.321 e. The monoisotopic (exact) mass is 393 g/mol. The van der Waals surface area contributed by atoms with Crippen molar-refractivity contribution in [2.24, 2.45) is 0 Å². The van der Waals surface area contributed by atoms with Crippen LogP contribution in [-0.4, -0.2) is 23.3 Å². The van der Waals surface area contributed by atoms with Gasteiger partial charge in [0.25, 0.3) is 11.8 Å². The highest BCUT2D eigenvalue weighted by Gasteiger charge is 2.18. The lowest BCUT2D eigenvalue weighted by Gasteiger charge is -2.21. The number of carbonyl (C=O) groups is 2. The predicted molar refractivity (Wildman–Crippen MR) is 112 cm³/mol. The van der Waals surface area contributed by atoms with Crippen molar-refractivity contribution in [2.75, 3.05) is 16.8 Å². The highest BCUT2D eigenvalue weighted by Crippen LogP contribution is 2.19. The van der Waals surface area contributed by atoms with Gasteiger partial charge in [0.05, 0.1) is 0 Å². The van der Waals surface area contributed by atoms with Gasteiger partial charge in [-0.05, 0) is 67.9 Å². The Bertz CT molecular complexity index is 1000. The zero-order chi connectivity index (χ0) is 20.1. The number of carbonyl (C=O) groups excluding carboxylic acids is 2. The molecule has 0 aliphatic rings. The molecular formula is C22H20ClN3O2. The zero-order valence-electron chi connectivity index (χ0n) is 15.6. The second-order valence-corrected chi connectivity index (χ2v) is 6.72. The van der Waals surface area contributed by atoms with Crippen LogP contribution in [-0.2, 0) is 0 Å². The van der Waals surface area contributed by atoms with Crippen molar-refractivity contribution in [1.29, 1.82) is 0 Å². The number of aromatic nitrogens is 1. The van der Waals surface area contributed by atoms with Gasteiger partial charge in [-0.25, -0.2) is 0 Å². The number of halogens is 1. The van der Waals surface area contributed by atoms with Crippen molar-refractivity contribution in [3.8, 4) is 0 Å². The van der Waals surface area contributed by atoms with Gasteiger partial charge in [0.2, 0.25) is 0 Å². The maximum Gasteiger partial charge on any atom is 0.274 e. The van der Waals surface area contributed by atoms with Crippen molar-refractivity contribution in [3.63, 3.8) is 0 Å². The number of nitrogens with zero attached hydrogens (tertiary/aromatic N) is 2. The van der Waals surface area contributed by atoms with Crippen molar-refractivity contribution in [3.05, 3.63) is 88.7 Å². The van der Waals surface area contributed by atoms with Crippen LogP contribution >= 0.6 is 11.6 Å². The van der Waals surface area contributed by atoms with Crippen LogP contribution in [0.15, 0.2) is 66.9 Å². The summed E-state index contributed by atoms with van der Waals surface area (Å²) in [6.07, 6.45) is 1.47. The van der Waals surface area contributed by atoms with Crippen LogP contribution < -0.4 is 10.2 Å². The third-order valence-electron chi connectivity index (χ3n) is 4.22. The molecule has 142 valence electrons. The van der Waals surface area contributed by atoms with E-state index in [1.165, 1.54) is 12.3 Å². The van der Waals surface area contributed by atoms with Crippen LogP contribution in [0.2, 0.25) is 5.02 Å². The number of rotatable bonds is 5. The number of hydrogen-bond donors (Lipinski definition) is 1. The average molecular weight is 394 g/mol. The molecule has 2 aromatic carbocycles. The summed E-state index contributed by atoms with van der Waals surface area (Å²) in [5.74, 6) is -0.577. The van der Waals surface area contributed by atoms with E-state index in [4.69, 9.17) is 11.6 Å². The van der Waals surface area contributed by atoms with Crippen LogP contribution in [0, 0.1) is 6.92 Å². The Labute approximate surface area is 169 Å². The van der Waals surface area contributed by atoms with Crippen molar-refractivity contribution < 1.29 is 9.59 Å². The molecule has 0 saturated carbocycles. The number of nitrogens with one attached hydrogen (secondary N) is 1. The topological polar surface area (TPSA) is 62.3 Å². The fraction of sp³-hybridized carbons (Fsp3) is 0.136. The first-order valence-electron chi connectivity index (χ1n) is 8.89. The summed E-state index contributed by atoms with van der Waals surface area (Å²) in [6, 6.07) is 17.6. The summed E-state index contributed by atoms with van der Waals surface area (Å²) in [6.45, 7) is 4.40. The molecule has 1 N–H and O–H groups in total. The first kappa shape index (κ1) is 19.6. The Kier molecular flexibility index (Phi) is 6.06. The number of amides is 2. The Morgan fingerprint density at radius 3 is 2.50 bits per heavy atom. The van der Waals surface area contributed by atoms with Crippen LogP contribution in [0.5, 0.6) is 0 Å². The first-order chi connectivity index (χ1) is 13.5. The minimum absolute atomic E-state index is 0.168. The zero-order valence-corrected chi connectivity index (χ0v) is 16.4. The molecule has 0 saturated heterocycles. The SMILES string of the molecule is CCN(C(=O)c1ccnc(C(=O)Nc2ccc(Cl)cc2)c1)c1cccc(C)c1. The fourth-order valence-corrected chi connectivity index (χ4v) is 2.94. The molecule has 0 spiro atoms. The molecule has 3 rings (SSSR count). The number of hydrogen-bond acceptors (Lipinski definition) is 3. The lowest BCUT2D eigenvalue weighted by Crippen LogP contribution is -2.31. The normalized spacial score (nSPS) is 10.4. The summed E-state index contributed by atoms with van der Waals surface area (Å²) < 4.78 is 0. The van der Waals surface area contributed by atoms with Gasteiger partial charge in [0, 0.05) is 34.7 Å². The second-order valence-electron chi connectivity index (χ2n) is 6.28. The predicted octanol–water partition coefficient (Wildman–Crippen LogP) is 4.96. The van der Waals surface area contributed by atoms with Crippen LogP contribution in [0.1, 0.15) is 33.3 Å². The lowest BCUT2D eigenvalue weighted by molar-refractivity contribution is 0.0988. The molecule has 0 aliphatic heterocycles. The fourth-order valence-electron chi connectivity index (χ4n) is 2.81. The maximum atomic E-state index is 13.0. The van der Waals surface area contributed by atoms with Crippen LogP contribution in [0.25, 0.3) is 0 Å². The Hall–Kier alpha value is -3.18. The van der Waals surface area contributed by atoms with E-state index in [0.717, 1.165) is 11.3 Å². The Morgan fingerprint density at radius 1 is 1.07 bits per heavy atom. The highest BCUT2D eigenvalue weighted by atomic mass is 35.5. The van der Waals surface area contributed by atoms with Crippen LogP contribution in [0.4, 0.5) is 11.4 Å². The molecule has 5 nitrogen and oxygen atoms in total. The molecular weight excluding hydrogens is 374 g/mol. The smallest absolute Gasteiger partial charge is 0.274 e. The molecule has 0 bridgehead atoms. The standard InChI is InChI=1S/C22H20ClN3O2/c1-3-26(19-6-4-5-15(2)13-19)22(28)16-11-12-24-20(14-16)21(27)25-18-9-7-17(23)8-10-18/h4-14H,3H2,1-2H3,(H,25,27). The highest BCUT2D eigenvalue weighted by molar-refractivity contribution is 6.30. The van der Waals surface area contributed by atoms with Gasteiger partial charge in [-0.3, -0.25) is 14.6 Å². The van der Waals surface area contributed by atoms with E-state index >= 15 is 0 Å². The molecule has 1 heterocycles. The molecule has 0 fully saturated rings. The maximum absolute atomic E-state index is 13.0. The molecule has 0 aliphatic carbocycles. The van der Waals surface area contributed by atoms with Crippen molar-refractivity contribution >= 4 is 34.8 Å². The van der Waals surface area contributed by atoms with E-state index in [1.54, 1.807) is 35.2 Å². The Morgan fingerprint density at radius 2 is 1.82 bits per heavy atom. The number of aryl methyl sites for hydroxylation is 1. The van der Waals surface area contributed by atoms with E-state index in [2.05, 4.69) is 10.3 Å². The largest absolute Gasteiger partial charge is 0.321 e. The van der Waals surface area contributed by atoms with Gasteiger partial charge in [0.15, 0.2) is 0 Å². The summed E-state index contributed by atoms with van der Waals surface area (Å²) in [4.78, 5) is 31.3. The minimum atomic E-state index is -0.393. The van der Waals surface area contributed by atoms with E-state index in [0.29, 0.717) is 22.8 Å². The molecule has 1 aromatic heterocycles. The van der Waals surface area contributed by atoms with Gasteiger partial charge in [0.1, 0.15) is 5.69 Å². The van der Waals surface area contributed by atoms with Gasteiger partial charge in [-0.1, -0.05) is 23.7 Å². The second kappa shape index (κ2) is 8.67. The number of benzene rings is 2. The van der Waals surface area contributed by atoms with Gasteiger partial charge >= 0.3 is 0 Å². The van der Waals surface area contributed by atoms with Crippen LogP contribution in [0.3, 0.4) is 0 Å². The van der Waals surface area contributed by atoms with Crippen molar-refractivity contribution in [2.45, 2.75) is 13.8 Å². The third kappa shape index (κ3) is 4.56. The number of anilines is 2. The quantitative estimate of drug-likeness (QED) is 0.666. The van der Waals surface area contributed by atoms with E-state index in [-0.39, 0.29) is 11.6 Å². The molecule has 0 unspecified atom stereocenters. The summed E-state index contributed by atoms with van der Waals surface area (Å²) in [5.41, 5.74) is 3.06. The molecule has 2 amide bonds. The van der Waals surface area contributed by atoms with E-state index in [1.807, 2.05) is 38.1 Å². The lowest BCUT2D eigenvalue weighted by atomic mass is 10.1. The van der Waals surface area contributed by atoms with Crippen molar-refractivity contribution in [1.82, 2.24) is 4.98 Å². The van der Waals surface area contributed by atoms with E-state index < -0.39 is 5.91 Å². The van der Waals surface area contributed by atoms with E-state index in [9.17, 15) is 9.59 Å². The molecule has 28 heavy (non-hydrogen) atoms. The molecule has 6 heteroatoms. The van der Waals surface area contributed by atoms with Gasteiger partial charge in [-0.2, -0.15) is 0 Å². The molecule has 0 atom stereocenters. The third-order valence-corrected chi connectivity index (χ3v) is 4.47.